The zero-order valence-electron chi connectivity index (χ0n) is 23.9. The first-order chi connectivity index (χ1) is 18.0. The topological polar surface area (TPSA) is 58.6 Å². The number of carboxylic acids is 1. The van der Waals surface area contributed by atoms with Crippen molar-refractivity contribution in [3.05, 3.63) is 77.4 Å². The maximum Gasteiger partial charge on any atom is 0.335 e. The molecule has 4 rings (SSSR count). The molecule has 0 aliphatic heterocycles. The van der Waals surface area contributed by atoms with E-state index in [0.717, 1.165) is 36.1 Å². The molecule has 0 amide bonds. The minimum atomic E-state index is -0.948. The molecule has 3 aromatic rings. The van der Waals surface area contributed by atoms with Crippen molar-refractivity contribution in [2.45, 2.75) is 84.1 Å². The number of unbranched alkanes of at least 4 members (excludes halogenated alkanes) is 1. The highest BCUT2D eigenvalue weighted by Crippen LogP contribution is 2.47. The summed E-state index contributed by atoms with van der Waals surface area (Å²) in [5.41, 5.74) is 7.77. The summed E-state index contributed by atoms with van der Waals surface area (Å²) >= 11 is 0. The molecule has 0 heterocycles. The maximum atomic E-state index is 11.7. The molecule has 0 fully saturated rings. The highest BCUT2D eigenvalue weighted by atomic mass is 16.5. The van der Waals surface area contributed by atoms with Crippen LogP contribution < -0.4 is 10.1 Å². The zero-order chi connectivity index (χ0) is 27.5. The van der Waals surface area contributed by atoms with Crippen molar-refractivity contribution >= 4 is 5.97 Å². The second-order valence-corrected chi connectivity index (χ2v) is 12.3. The number of hydrogen-bond donors (Lipinski definition) is 2. The van der Waals surface area contributed by atoms with Gasteiger partial charge in [-0.25, -0.2) is 4.79 Å². The molecule has 3 aromatic carbocycles. The van der Waals surface area contributed by atoms with Gasteiger partial charge in [-0.15, -0.1) is 0 Å². The van der Waals surface area contributed by atoms with E-state index in [1.54, 1.807) is 12.1 Å². The Morgan fingerprint density at radius 1 is 0.868 bits per heavy atom. The van der Waals surface area contributed by atoms with Crippen molar-refractivity contribution < 1.29 is 14.6 Å². The summed E-state index contributed by atoms with van der Waals surface area (Å²) in [4.78, 5) is 11.7. The van der Waals surface area contributed by atoms with Gasteiger partial charge in [0.05, 0.1) is 12.2 Å². The van der Waals surface area contributed by atoms with Crippen LogP contribution in [0, 0.1) is 0 Å². The number of benzene rings is 3. The molecular weight excluding hydrogens is 470 g/mol. The molecule has 202 valence electrons. The number of carbonyl (C=O) groups is 1. The Hall–Kier alpha value is -3.11. The fourth-order valence-electron chi connectivity index (χ4n) is 5.45. The smallest absolute Gasteiger partial charge is 0.335 e. The number of aromatic carboxylic acids is 1. The summed E-state index contributed by atoms with van der Waals surface area (Å²) in [5, 5.41) is 13.0. The first-order valence-corrected chi connectivity index (χ1v) is 14.0. The minimum absolute atomic E-state index is 0.150. The lowest BCUT2D eigenvalue weighted by molar-refractivity contribution is 0.0696. The van der Waals surface area contributed by atoms with Gasteiger partial charge in [0, 0.05) is 11.6 Å². The third-order valence-corrected chi connectivity index (χ3v) is 7.97. The first-order valence-electron chi connectivity index (χ1n) is 14.0. The van der Waals surface area contributed by atoms with Crippen molar-refractivity contribution in [1.82, 2.24) is 5.32 Å². The third-order valence-electron chi connectivity index (χ3n) is 7.97. The van der Waals surface area contributed by atoms with Gasteiger partial charge in [0.25, 0.3) is 0 Å². The van der Waals surface area contributed by atoms with Crippen LogP contribution in [0.1, 0.15) is 88.7 Å². The predicted octanol–water partition coefficient (Wildman–Crippen LogP) is 8.22. The molecule has 0 saturated carbocycles. The summed E-state index contributed by atoms with van der Waals surface area (Å²) in [7, 11) is 0. The second-order valence-electron chi connectivity index (χ2n) is 12.3. The van der Waals surface area contributed by atoms with Crippen LogP contribution in [0.2, 0.25) is 0 Å². The van der Waals surface area contributed by atoms with Gasteiger partial charge in [-0.05, 0) is 95.1 Å². The molecule has 0 unspecified atom stereocenters. The second kappa shape index (κ2) is 11.3. The minimum Gasteiger partial charge on any atom is -0.493 e. The fourth-order valence-corrected chi connectivity index (χ4v) is 5.45. The molecule has 4 nitrogen and oxygen atoms in total. The van der Waals surface area contributed by atoms with Crippen LogP contribution in [0.15, 0.2) is 60.7 Å². The highest BCUT2D eigenvalue weighted by Gasteiger charge is 2.37. The summed E-state index contributed by atoms with van der Waals surface area (Å²) in [6, 6.07) is 21.1. The highest BCUT2D eigenvalue weighted by molar-refractivity contribution is 5.90. The average molecular weight is 514 g/mol. The molecule has 0 bridgehead atoms. The Balaban J connectivity index is 1.63. The SMILES string of the molecule is CC(C)NCCCCOc1cc(C(=O)O)ccc1-c1cccc(-c2ccc3c(c2)C(C)(C)CCC3(C)C)c1. The van der Waals surface area contributed by atoms with E-state index in [9.17, 15) is 9.90 Å². The van der Waals surface area contributed by atoms with Crippen molar-refractivity contribution in [2.24, 2.45) is 0 Å². The Kier molecular flexibility index (Phi) is 8.32. The van der Waals surface area contributed by atoms with Gasteiger partial charge in [0.1, 0.15) is 5.75 Å². The van der Waals surface area contributed by atoms with Crippen LogP contribution in [0.4, 0.5) is 0 Å². The van der Waals surface area contributed by atoms with E-state index in [2.05, 4.69) is 89.3 Å². The van der Waals surface area contributed by atoms with Gasteiger partial charge in [0.2, 0.25) is 0 Å². The van der Waals surface area contributed by atoms with Gasteiger partial charge < -0.3 is 15.2 Å². The lowest BCUT2D eigenvalue weighted by Gasteiger charge is -2.42. The van der Waals surface area contributed by atoms with Gasteiger partial charge >= 0.3 is 5.97 Å². The molecule has 1 aliphatic rings. The van der Waals surface area contributed by atoms with E-state index >= 15 is 0 Å². The number of ether oxygens (including phenoxy) is 1. The van der Waals surface area contributed by atoms with Crippen molar-refractivity contribution in [3.8, 4) is 28.0 Å². The molecule has 0 radical (unpaired) electrons. The van der Waals surface area contributed by atoms with Gasteiger partial charge in [-0.1, -0.05) is 77.9 Å². The summed E-state index contributed by atoms with van der Waals surface area (Å²) in [6.45, 7) is 15.2. The van der Waals surface area contributed by atoms with E-state index in [0.29, 0.717) is 18.4 Å². The monoisotopic (exact) mass is 513 g/mol. The Morgan fingerprint density at radius 2 is 1.55 bits per heavy atom. The molecule has 38 heavy (non-hydrogen) atoms. The van der Waals surface area contributed by atoms with Gasteiger partial charge in [0.15, 0.2) is 0 Å². The van der Waals surface area contributed by atoms with Crippen molar-refractivity contribution in [2.75, 3.05) is 13.2 Å². The van der Waals surface area contributed by atoms with Crippen LogP contribution in [-0.4, -0.2) is 30.3 Å². The van der Waals surface area contributed by atoms with E-state index in [1.807, 2.05) is 6.07 Å². The molecule has 1 aliphatic carbocycles. The average Bonchev–Trinajstić information content (AvgIpc) is 2.88. The number of rotatable bonds is 10. The Morgan fingerprint density at radius 3 is 2.26 bits per heavy atom. The standard InChI is InChI=1S/C34H43NO3/c1-23(2)35-18-7-8-19-38-31-22-27(32(36)37)12-14-28(31)26-11-9-10-24(20-26)25-13-15-29-30(21-25)34(5,6)17-16-33(29,3)4/h9-15,20-23,35H,7-8,16-19H2,1-6H3,(H,36,37). The third kappa shape index (κ3) is 6.30. The molecule has 0 atom stereocenters. The zero-order valence-corrected chi connectivity index (χ0v) is 23.9. The van der Waals surface area contributed by atoms with Crippen molar-refractivity contribution in [1.29, 1.82) is 0 Å². The largest absolute Gasteiger partial charge is 0.493 e. The lowest BCUT2D eigenvalue weighted by atomic mass is 9.63. The number of nitrogens with one attached hydrogen (secondary N) is 1. The normalized spacial score (nSPS) is 15.8. The van der Waals surface area contributed by atoms with E-state index in [-0.39, 0.29) is 16.4 Å². The Bertz CT molecular complexity index is 1290. The first kappa shape index (κ1) is 27.9. The summed E-state index contributed by atoms with van der Waals surface area (Å²) in [5.74, 6) is -0.330. The summed E-state index contributed by atoms with van der Waals surface area (Å²) < 4.78 is 6.17. The van der Waals surface area contributed by atoms with Crippen LogP contribution in [0.5, 0.6) is 5.75 Å². The van der Waals surface area contributed by atoms with Crippen molar-refractivity contribution in [3.63, 3.8) is 0 Å². The van der Waals surface area contributed by atoms with E-state index < -0.39 is 5.97 Å². The van der Waals surface area contributed by atoms with Gasteiger partial charge in [-0.3, -0.25) is 0 Å². The number of carboxylic acid groups (broad SMARTS) is 1. The molecule has 0 aromatic heterocycles. The molecule has 0 spiro atoms. The predicted molar refractivity (Wildman–Crippen MR) is 157 cm³/mol. The van der Waals surface area contributed by atoms with E-state index in [4.69, 9.17) is 4.74 Å². The maximum absolute atomic E-state index is 11.7. The lowest BCUT2D eigenvalue weighted by Crippen LogP contribution is -2.33. The fraction of sp³-hybridized carbons (Fsp3) is 0.441. The number of fused-ring (bicyclic) bond motifs is 1. The van der Waals surface area contributed by atoms with E-state index in [1.165, 1.54) is 29.5 Å². The molecular formula is C34H43NO3. The van der Waals surface area contributed by atoms with Crippen LogP contribution in [0.25, 0.3) is 22.3 Å². The van der Waals surface area contributed by atoms with Crippen LogP contribution in [0.3, 0.4) is 0 Å². The Labute approximate surface area is 228 Å². The quantitative estimate of drug-likeness (QED) is 0.268. The van der Waals surface area contributed by atoms with Crippen LogP contribution >= 0.6 is 0 Å². The molecule has 0 saturated heterocycles. The number of hydrogen-bond acceptors (Lipinski definition) is 3. The van der Waals surface area contributed by atoms with Gasteiger partial charge in [-0.2, -0.15) is 0 Å². The van der Waals surface area contributed by atoms with Crippen LogP contribution in [-0.2, 0) is 10.8 Å². The molecule has 4 heteroatoms. The summed E-state index contributed by atoms with van der Waals surface area (Å²) in [6.07, 6.45) is 4.29. The molecule has 2 N–H and O–H groups in total.